The topological polar surface area (TPSA) is 46.9 Å². The summed E-state index contributed by atoms with van der Waals surface area (Å²) < 4.78 is 2.47. The first kappa shape index (κ1) is 13.2. The molecule has 2 rings (SSSR count). The number of rotatable bonds is 5. The van der Waals surface area contributed by atoms with Gasteiger partial charge in [0, 0.05) is 12.6 Å². The number of nitrogens with one attached hydrogen (secondary N) is 1. The highest BCUT2D eigenvalue weighted by molar-refractivity contribution is 7.17. The summed E-state index contributed by atoms with van der Waals surface area (Å²) in [5.74, 6) is 0.407. The smallest absolute Gasteiger partial charge is 0.271 e. The van der Waals surface area contributed by atoms with E-state index in [-0.39, 0.29) is 5.56 Å². The Morgan fingerprint density at radius 2 is 2.22 bits per heavy atom. The van der Waals surface area contributed by atoms with Gasteiger partial charge in [0.15, 0.2) is 0 Å². The lowest BCUT2D eigenvalue weighted by Gasteiger charge is -2.15. The fourth-order valence-corrected chi connectivity index (χ4v) is 2.64. The quantitative estimate of drug-likeness (QED) is 0.900. The molecule has 0 radical (unpaired) electrons. The zero-order chi connectivity index (χ0) is 13.1. The van der Waals surface area contributed by atoms with Gasteiger partial charge in [-0.1, -0.05) is 20.8 Å². The number of aromatic nitrogens is 2. The Labute approximate surface area is 111 Å². The van der Waals surface area contributed by atoms with Crippen LogP contribution in [0.25, 0.3) is 10.2 Å². The SMILES string of the molecule is CC(CNC(C)C)Cn1cnc2ccsc2c1=O. The van der Waals surface area contributed by atoms with Gasteiger partial charge in [0.05, 0.1) is 11.8 Å². The third kappa shape index (κ3) is 2.97. The third-order valence-corrected chi connectivity index (χ3v) is 3.71. The fraction of sp³-hybridized carbons (Fsp3) is 0.538. The summed E-state index contributed by atoms with van der Waals surface area (Å²) >= 11 is 1.46. The van der Waals surface area contributed by atoms with E-state index >= 15 is 0 Å². The molecule has 0 fully saturated rings. The van der Waals surface area contributed by atoms with Gasteiger partial charge in [0.25, 0.3) is 5.56 Å². The lowest BCUT2D eigenvalue weighted by molar-refractivity contribution is 0.419. The van der Waals surface area contributed by atoms with Crippen LogP contribution in [0.4, 0.5) is 0 Å². The molecule has 5 heteroatoms. The maximum absolute atomic E-state index is 12.2. The highest BCUT2D eigenvalue weighted by Gasteiger charge is 2.09. The minimum atomic E-state index is 0.0754. The molecule has 0 saturated carbocycles. The summed E-state index contributed by atoms with van der Waals surface area (Å²) in [6, 6.07) is 2.36. The minimum absolute atomic E-state index is 0.0754. The number of hydrogen-bond acceptors (Lipinski definition) is 4. The Hall–Kier alpha value is -1.20. The van der Waals surface area contributed by atoms with Crippen LogP contribution in [0.5, 0.6) is 0 Å². The van der Waals surface area contributed by atoms with E-state index in [1.54, 1.807) is 10.9 Å². The van der Waals surface area contributed by atoms with Gasteiger partial charge in [-0.25, -0.2) is 4.98 Å². The molecule has 0 aliphatic rings. The van der Waals surface area contributed by atoms with E-state index < -0.39 is 0 Å². The molecule has 1 unspecified atom stereocenters. The Morgan fingerprint density at radius 1 is 1.44 bits per heavy atom. The van der Waals surface area contributed by atoms with Crippen molar-refractivity contribution in [3.63, 3.8) is 0 Å². The van der Waals surface area contributed by atoms with Crippen molar-refractivity contribution in [3.8, 4) is 0 Å². The number of hydrogen-bond donors (Lipinski definition) is 1. The maximum atomic E-state index is 12.2. The Kier molecular flexibility index (Phi) is 4.14. The average Bonchev–Trinajstić information content (AvgIpc) is 2.79. The van der Waals surface area contributed by atoms with E-state index in [9.17, 15) is 4.79 Å². The predicted octanol–water partition coefficient (Wildman–Crippen LogP) is 2.09. The monoisotopic (exact) mass is 265 g/mol. The maximum Gasteiger partial charge on any atom is 0.271 e. The van der Waals surface area contributed by atoms with Gasteiger partial charge in [-0.2, -0.15) is 0 Å². The number of nitrogens with zero attached hydrogens (tertiary/aromatic N) is 2. The molecule has 0 bridgehead atoms. The van der Waals surface area contributed by atoms with Gasteiger partial charge in [-0.15, -0.1) is 11.3 Å². The summed E-state index contributed by atoms with van der Waals surface area (Å²) in [7, 11) is 0. The van der Waals surface area contributed by atoms with Crippen molar-refractivity contribution in [2.24, 2.45) is 5.92 Å². The second kappa shape index (κ2) is 5.63. The van der Waals surface area contributed by atoms with E-state index in [2.05, 4.69) is 31.1 Å². The summed E-state index contributed by atoms with van der Waals surface area (Å²) in [5, 5.41) is 5.29. The van der Waals surface area contributed by atoms with Crippen molar-refractivity contribution in [2.45, 2.75) is 33.4 Å². The molecule has 0 amide bonds. The van der Waals surface area contributed by atoms with Crippen LogP contribution in [0.15, 0.2) is 22.6 Å². The molecular formula is C13H19N3OS. The number of thiophene rings is 1. The van der Waals surface area contributed by atoms with Gasteiger partial charge >= 0.3 is 0 Å². The molecule has 1 N–H and O–H groups in total. The van der Waals surface area contributed by atoms with Gasteiger partial charge in [-0.3, -0.25) is 9.36 Å². The highest BCUT2D eigenvalue weighted by Crippen LogP contribution is 2.13. The molecule has 0 aliphatic carbocycles. The van der Waals surface area contributed by atoms with Crippen LogP contribution < -0.4 is 10.9 Å². The van der Waals surface area contributed by atoms with Crippen molar-refractivity contribution in [1.82, 2.24) is 14.9 Å². The standard InChI is InChI=1S/C13H19N3OS/c1-9(2)14-6-10(3)7-16-8-15-11-4-5-18-12(11)13(16)17/h4-5,8-10,14H,6-7H2,1-3H3. The molecular weight excluding hydrogens is 246 g/mol. The second-order valence-corrected chi connectivity index (χ2v) is 5.92. The van der Waals surface area contributed by atoms with Crippen LogP contribution in [-0.2, 0) is 6.54 Å². The molecule has 2 aromatic rings. The van der Waals surface area contributed by atoms with Crippen molar-refractivity contribution in [2.75, 3.05) is 6.54 Å². The van der Waals surface area contributed by atoms with Crippen LogP contribution in [0, 0.1) is 5.92 Å². The Morgan fingerprint density at radius 3 is 2.94 bits per heavy atom. The zero-order valence-corrected chi connectivity index (χ0v) is 11.8. The van der Waals surface area contributed by atoms with Crippen LogP contribution in [0.1, 0.15) is 20.8 Å². The molecule has 2 aromatic heterocycles. The zero-order valence-electron chi connectivity index (χ0n) is 11.0. The fourth-order valence-electron chi connectivity index (χ4n) is 1.85. The molecule has 0 aliphatic heterocycles. The molecule has 0 aromatic carbocycles. The third-order valence-electron chi connectivity index (χ3n) is 2.82. The van der Waals surface area contributed by atoms with E-state index in [0.717, 1.165) is 16.8 Å². The van der Waals surface area contributed by atoms with Gasteiger partial charge in [0.1, 0.15) is 4.70 Å². The highest BCUT2D eigenvalue weighted by atomic mass is 32.1. The van der Waals surface area contributed by atoms with Crippen LogP contribution in [0.2, 0.25) is 0 Å². The minimum Gasteiger partial charge on any atom is -0.314 e. The van der Waals surface area contributed by atoms with E-state index in [1.807, 2.05) is 11.4 Å². The average molecular weight is 265 g/mol. The van der Waals surface area contributed by atoms with Crippen LogP contribution >= 0.6 is 11.3 Å². The van der Waals surface area contributed by atoms with Gasteiger partial charge < -0.3 is 5.32 Å². The second-order valence-electron chi connectivity index (χ2n) is 5.01. The Balaban J connectivity index is 2.11. The Bertz CT molecular complexity index is 573. The lowest BCUT2D eigenvalue weighted by Crippen LogP contribution is -2.32. The summed E-state index contributed by atoms with van der Waals surface area (Å²) in [6.07, 6.45) is 1.66. The molecule has 4 nitrogen and oxygen atoms in total. The van der Waals surface area contributed by atoms with Crippen LogP contribution in [0.3, 0.4) is 0 Å². The summed E-state index contributed by atoms with van der Waals surface area (Å²) in [6.45, 7) is 8.00. The summed E-state index contributed by atoms with van der Waals surface area (Å²) in [4.78, 5) is 16.5. The van der Waals surface area contributed by atoms with E-state index in [1.165, 1.54) is 11.3 Å². The van der Waals surface area contributed by atoms with Gasteiger partial charge in [-0.05, 0) is 23.9 Å². The first-order chi connectivity index (χ1) is 8.58. The first-order valence-corrected chi connectivity index (χ1v) is 7.12. The van der Waals surface area contributed by atoms with Crippen molar-refractivity contribution >= 4 is 21.6 Å². The molecule has 1 atom stereocenters. The van der Waals surface area contributed by atoms with Gasteiger partial charge in [0.2, 0.25) is 0 Å². The van der Waals surface area contributed by atoms with Crippen molar-refractivity contribution in [3.05, 3.63) is 28.1 Å². The molecule has 2 heterocycles. The van der Waals surface area contributed by atoms with E-state index in [4.69, 9.17) is 0 Å². The number of fused-ring (bicyclic) bond motifs is 1. The normalized spacial score (nSPS) is 13.3. The van der Waals surface area contributed by atoms with Crippen molar-refractivity contribution in [1.29, 1.82) is 0 Å². The molecule has 98 valence electrons. The molecule has 0 spiro atoms. The molecule has 0 saturated heterocycles. The van der Waals surface area contributed by atoms with Crippen molar-refractivity contribution < 1.29 is 0 Å². The predicted molar refractivity (Wildman–Crippen MR) is 76.2 cm³/mol. The van der Waals surface area contributed by atoms with Crippen LogP contribution in [-0.4, -0.2) is 22.1 Å². The first-order valence-electron chi connectivity index (χ1n) is 6.24. The summed E-state index contributed by atoms with van der Waals surface area (Å²) in [5.41, 5.74) is 0.876. The lowest BCUT2D eigenvalue weighted by atomic mass is 10.1. The molecule has 18 heavy (non-hydrogen) atoms. The largest absolute Gasteiger partial charge is 0.314 e. The van der Waals surface area contributed by atoms with E-state index in [0.29, 0.717) is 18.5 Å².